The van der Waals surface area contributed by atoms with Gasteiger partial charge < -0.3 is 0 Å². The number of thiophene rings is 2. The van der Waals surface area contributed by atoms with Crippen LogP contribution >= 0.6 is 34.4 Å². The van der Waals surface area contributed by atoms with Crippen molar-refractivity contribution < 1.29 is 0 Å². The van der Waals surface area contributed by atoms with Gasteiger partial charge in [-0.3, -0.25) is 0 Å². The molecule has 0 saturated carbocycles. The second-order valence-corrected chi connectivity index (χ2v) is 5.79. The minimum Gasteiger partial charge on any atom is -0.143 e. The molecule has 0 fully saturated rings. The number of hydrogen-bond acceptors (Lipinski definition) is 3. The largest absolute Gasteiger partial charge is 0.143 e. The first-order valence-corrected chi connectivity index (χ1v) is 7.00. The van der Waals surface area contributed by atoms with E-state index in [1.165, 1.54) is 19.5 Å². The van der Waals surface area contributed by atoms with E-state index >= 15 is 0 Å². The quantitative estimate of drug-likeness (QED) is 0.714. The Morgan fingerprint density at radius 2 is 1.40 bits per heavy atom. The molecule has 2 aromatic heterocycles. The zero-order valence-corrected chi connectivity index (χ0v) is 10.6. The van der Waals surface area contributed by atoms with E-state index in [9.17, 15) is 0 Å². The Balaban J connectivity index is 2.29. The van der Waals surface area contributed by atoms with Crippen molar-refractivity contribution in [3.05, 3.63) is 45.8 Å². The average molecular weight is 250 g/mol. The fourth-order valence-electron chi connectivity index (χ4n) is 1.20. The zero-order chi connectivity index (χ0) is 10.7. The van der Waals surface area contributed by atoms with Crippen molar-refractivity contribution >= 4 is 46.6 Å². The summed E-state index contributed by atoms with van der Waals surface area (Å²) >= 11 is 5.23. The lowest BCUT2D eigenvalue weighted by atomic mass is 10.4. The van der Waals surface area contributed by atoms with Crippen molar-refractivity contribution in [2.75, 3.05) is 0 Å². The third kappa shape index (κ3) is 2.25. The van der Waals surface area contributed by atoms with Crippen LogP contribution in [0.2, 0.25) is 0 Å². The van der Waals surface area contributed by atoms with Crippen LogP contribution in [0.4, 0.5) is 0 Å². The van der Waals surface area contributed by atoms with Gasteiger partial charge in [-0.2, -0.15) is 0 Å². The molecule has 0 amide bonds. The van der Waals surface area contributed by atoms with E-state index in [0.29, 0.717) is 0 Å². The summed E-state index contributed by atoms with van der Waals surface area (Å²) in [4.78, 5) is 5.02. The van der Waals surface area contributed by atoms with Crippen LogP contribution in [0.3, 0.4) is 0 Å². The van der Waals surface area contributed by atoms with Crippen LogP contribution in [-0.2, 0) is 0 Å². The molecule has 2 rings (SSSR count). The summed E-state index contributed by atoms with van der Waals surface area (Å²) in [7, 11) is 0. The molecule has 15 heavy (non-hydrogen) atoms. The minimum atomic E-state index is 1.24. The Morgan fingerprint density at radius 3 is 1.80 bits per heavy atom. The SMILES string of the molecule is C=Cc1sccc1Sc1ccsc1C=C. The fraction of sp³-hybridized carbons (Fsp3) is 0. The molecule has 2 aromatic rings. The van der Waals surface area contributed by atoms with Gasteiger partial charge in [0.25, 0.3) is 0 Å². The maximum atomic E-state index is 3.82. The molecule has 0 aliphatic heterocycles. The predicted molar refractivity (Wildman–Crippen MR) is 72.9 cm³/mol. The van der Waals surface area contributed by atoms with Gasteiger partial charge in [0.2, 0.25) is 0 Å². The summed E-state index contributed by atoms with van der Waals surface area (Å²) in [6, 6.07) is 4.27. The molecule has 0 N–H and O–H groups in total. The van der Waals surface area contributed by atoms with Crippen LogP contribution < -0.4 is 0 Å². The molecule has 0 aromatic carbocycles. The molecule has 0 bridgehead atoms. The summed E-state index contributed by atoms with van der Waals surface area (Å²) in [6.07, 6.45) is 3.82. The van der Waals surface area contributed by atoms with E-state index in [-0.39, 0.29) is 0 Å². The first-order chi connectivity index (χ1) is 7.35. The monoisotopic (exact) mass is 250 g/mol. The Labute approximate surface area is 102 Å². The maximum Gasteiger partial charge on any atom is 0.0403 e. The highest BCUT2D eigenvalue weighted by molar-refractivity contribution is 7.99. The van der Waals surface area contributed by atoms with E-state index in [0.717, 1.165) is 0 Å². The van der Waals surface area contributed by atoms with Gasteiger partial charge in [0, 0.05) is 19.5 Å². The van der Waals surface area contributed by atoms with E-state index in [2.05, 4.69) is 36.1 Å². The molecule has 0 saturated heterocycles. The standard InChI is InChI=1S/C12H10S3/c1-3-9-11(5-7-13-9)15-12-6-8-14-10(12)4-2/h3-8H,1-2H2. The third-order valence-corrected chi connectivity index (χ3v) is 5.14. The van der Waals surface area contributed by atoms with Crippen LogP contribution in [0.1, 0.15) is 9.75 Å². The highest BCUT2D eigenvalue weighted by Crippen LogP contribution is 2.38. The second-order valence-electron chi connectivity index (χ2n) is 2.81. The van der Waals surface area contributed by atoms with Gasteiger partial charge in [0.15, 0.2) is 0 Å². The second kappa shape index (κ2) is 4.84. The van der Waals surface area contributed by atoms with Gasteiger partial charge in [-0.05, 0) is 22.9 Å². The molecule has 0 radical (unpaired) electrons. The summed E-state index contributed by atoms with van der Waals surface area (Å²) in [6.45, 7) is 7.63. The highest BCUT2D eigenvalue weighted by atomic mass is 32.2. The third-order valence-electron chi connectivity index (χ3n) is 1.91. The van der Waals surface area contributed by atoms with Crippen molar-refractivity contribution in [2.45, 2.75) is 9.79 Å². The number of hydrogen-bond donors (Lipinski definition) is 0. The molecular formula is C12H10S3. The van der Waals surface area contributed by atoms with Crippen molar-refractivity contribution in [3.63, 3.8) is 0 Å². The lowest BCUT2D eigenvalue weighted by Gasteiger charge is -1.99. The van der Waals surface area contributed by atoms with Gasteiger partial charge in [-0.1, -0.05) is 37.1 Å². The van der Waals surface area contributed by atoms with Crippen LogP contribution in [0.5, 0.6) is 0 Å². The molecule has 3 heteroatoms. The molecule has 0 aliphatic carbocycles. The van der Waals surface area contributed by atoms with Crippen molar-refractivity contribution in [1.82, 2.24) is 0 Å². The molecular weight excluding hydrogens is 240 g/mol. The Hall–Kier alpha value is -0.770. The van der Waals surface area contributed by atoms with Crippen LogP contribution in [0.25, 0.3) is 12.2 Å². The Kier molecular flexibility index (Phi) is 3.46. The zero-order valence-electron chi connectivity index (χ0n) is 8.10. The van der Waals surface area contributed by atoms with Crippen LogP contribution in [-0.4, -0.2) is 0 Å². The Morgan fingerprint density at radius 1 is 0.933 bits per heavy atom. The molecule has 0 spiro atoms. The van der Waals surface area contributed by atoms with E-state index < -0.39 is 0 Å². The van der Waals surface area contributed by atoms with Gasteiger partial charge in [-0.15, -0.1) is 22.7 Å². The first kappa shape index (κ1) is 10.7. The predicted octanol–water partition coefficient (Wildman–Crippen LogP) is 5.25. The molecule has 0 unspecified atom stereocenters. The lowest BCUT2D eigenvalue weighted by molar-refractivity contribution is 1.49. The minimum absolute atomic E-state index is 1.24. The summed E-state index contributed by atoms with van der Waals surface area (Å²) in [5, 5.41) is 4.19. The van der Waals surface area contributed by atoms with Gasteiger partial charge in [0.1, 0.15) is 0 Å². The lowest BCUT2D eigenvalue weighted by Crippen LogP contribution is -1.71. The highest BCUT2D eigenvalue weighted by Gasteiger charge is 2.06. The summed E-state index contributed by atoms with van der Waals surface area (Å²) in [5.74, 6) is 0. The van der Waals surface area contributed by atoms with Gasteiger partial charge >= 0.3 is 0 Å². The smallest absolute Gasteiger partial charge is 0.0403 e. The first-order valence-electron chi connectivity index (χ1n) is 4.43. The van der Waals surface area contributed by atoms with E-state index in [1.807, 2.05) is 12.2 Å². The van der Waals surface area contributed by atoms with Crippen molar-refractivity contribution in [1.29, 1.82) is 0 Å². The number of rotatable bonds is 4. The summed E-state index contributed by atoms with van der Waals surface area (Å²) in [5.41, 5.74) is 0. The summed E-state index contributed by atoms with van der Waals surface area (Å²) < 4.78 is 0. The average Bonchev–Trinajstić information content (AvgIpc) is 2.87. The maximum absolute atomic E-state index is 3.82. The fourth-order valence-corrected chi connectivity index (χ4v) is 4.05. The van der Waals surface area contributed by atoms with Crippen molar-refractivity contribution in [2.24, 2.45) is 0 Å². The molecule has 0 nitrogen and oxygen atoms in total. The van der Waals surface area contributed by atoms with Crippen molar-refractivity contribution in [3.8, 4) is 0 Å². The van der Waals surface area contributed by atoms with Gasteiger partial charge in [0.05, 0.1) is 0 Å². The molecule has 0 aliphatic rings. The normalized spacial score (nSPS) is 10.1. The molecule has 2 heterocycles. The van der Waals surface area contributed by atoms with E-state index in [1.54, 1.807) is 34.4 Å². The van der Waals surface area contributed by atoms with Gasteiger partial charge in [-0.25, -0.2) is 0 Å². The van der Waals surface area contributed by atoms with E-state index in [4.69, 9.17) is 0 Å². The molecule has 76 valence electrons. The van der Waals surface area contributed by atoms with Crippen LogP contribution in [0.15, 0.2) is 45.8 Å². The topological polar surface area (TPSA) is 0 Å². The Bertz CT molecular complexity index is 432. The van der Waals surface area contributed by atoms with Crippen LogP contribution in [0, 0.1) is 0 Å². The molecule has 0 atom stereocenters.